The molecule has 1 aromatic rings. The molecule has 16 heavy (non-hydrogen) atoms. The Kier molecular flexibility index (Phi) is 2.34. The Labute approximate surface area is 89.2 Å². The molecule has 1 unspecified atom stereocenters. The zero-order chi connectivity index (χ0) is 11.8. The van der Waals surface area contributed by atoms with E-state index in [0.717, 1.165) is 24.3 Å². The van der Waals surface area contributed by atoms with Crippen LogP contribution < -0.4 is 5.32 Å². The molecule has 0 spiro atoms. The topological polar surface area (TPSA) is 55.4 Å². The summed E-state index contributed by atoms with van der Waals surface area (Å²) in [5.41, 5.74) is -2.51. The standard InChI is InChI=1S/C10H7F2NO3/c11-7-3-1-6(2-4-7)10(12)5-16-9(15)13-8(10)14/h1-4H,5H2,(H,13,14,15). The highest BCUT2D eigenvalue weighted by atomic mass is 19.1. The minimum Gasteiger partial charge on any atom is -0.445 e. The second kappa shape index (κ2) is 3.55. The zero-order valence-electron chi connectivity index (χ0n) is 8.00. The van der Waals surface area contributed by atoms with Crippen LogP contribution in [0.2, 0.25) is 0 Å². The molecule has 1 saturated heterocycles. The van der Waals surface area contributed by atoms with E-state index in [1.54, 1.807) is 5.32 Å². The van der Waals surface area contributed by atoms with E-state index in [-0.39, 0.29) is 5.56 Å². The molecule has 4 nitrogen and oxygen atoms in total. The van der Waals surface area contributed by atoms with Crippen molar-refractivity contribution in [2.75, 3.05) is 6.61 Å². The summed E-state index contributed by atoms with van der Waals surface area (Å²) in [6.45, 7) is -0.705. The van der Waals surface area contributed by atoms with Crippen LogP contribution in [-0.2, 0) is 15.2 Å². The third-order valence-electron chi connectivity index (χ3n) is 2.28. The Bertz CT molecular complexity index is 446. The third kappa shape index (κ3) is 1.62. The number of halogens is 2. The average molecular weight is 227 g/mol. The number of carbonyl (C=O) groups excluding carboxylic acids is 2. The van der Waals surface area contributed by atoms with Gasteiger partial charge in [-0.25, -0.2) is 13.6 Å². The number of cyclic esters (lactones) is 1. The van der Waals surface area contributed by atoms with Crippen LogP contribution in [0.15, 0.2) is 24.3 Å². The highest BCUT2D eigenvalue weighted by Crippen LogP contribution is 2.29. The summed E-state index contributed by atoms with van der Waals surface area (Å²) in [7, 11) is 0. The number of hydrogen-bond acceptors (Lipinski definition) is 3. The Hall–Kier alpha value is -1.98. The summed E-state index contributed by atoms with van der Waals surface area (Å²) in [5, 5.41) is 1.71. The number of alkyl halides is 1. The van der Waals surface area contributed by atoms with Gasteiger partial charge in [0.2, 0.25) is 5.67 Å². The Morgan fingerprint density at radius 1 is 1.25 bits per heavy atom. The van der Waals surface area contributed by atoms with E-state index >= 15 is 0 Å². The fraction of sp³-hybridized carbons (Fsp3) is 0.200. The molecule has 0 bridgehead atoms. The van der Waals surface area contributed by atoms with E-state index in [1.807, 2.05) is 0 Å². The lowest BCUT2D eigenvalue weighted by Crippen LogP contribution is -2.52. The molecule has 6 heteroatoms. The van der Waals surface area contributed by atoms with Gasteiger partial charge in [0.05, 0.1) is 0 Å². The molecule has 2 amide bonds. The lowest BCUT2D eigenvalue weighted by Gasteiger charge is -2.27. The van der Waals surface area contributed by atoms with E-state index in [4.69, 9.17) is 0 Å². The molecular weight excluding hydrogens is 220 g/mol. The van der Waals surface area contributed by atoms with E-state index in [1.165, 1.54) is 0 Å². The monoisotopic (exact) mass is 227 g/mol. The van der Waals surface area contributed by atoms with Gasteiger partial charge >= 0.3 is 6.09 Å². The molecule has 1 aromatic carbocycles. The van der Waals surface area contributed by atoms with Crippen LogP contribution >= 0.6 is 0 Å². The zero-order valence-corrected chi connectivity index (χ0v) is 8.00. The first-order valence-corrected chi connectivity index (χ1v) is 4.45. The maximum absolute atomic E-state index is 14.2. The van der Waals surface area contributed by atoms with Gasteiger partial charge in [0.1, 0.15) is 12.4 Å². The lowest BCUT2D eigenvalue weighted by atomic mass is 9.95. The van der Waals surface area contributed by atoms with Gasteiger partial charge in [-0.3, -0.25) is 10.1 Å². The van der Waals surface area contributed by atoms with Crippen LogP contribution in [-0.4, -0.2) is 18.6 Å². The van der Waals surface area contributed by atoms with Crippen molar-refractivity contribution in [3.8, 4) is 0 Å². The van der Waals surface area contributed by atoms with Crippen molar-refractivity contribution in [3.63, 3.8) is 0 Å². The molecule has 1 N–H and O–H groups in total. The van der Waals surface area contributed by atoms with E-state index < -0.39 is 30.1 Å². The SMILES string of the molecule is O=C1NC(=O)C(F)(c2ccc(F)cc2)CO1. The molecule has 1 atom stereocenters. The van der Waals surface area contributed by atoms with Crippen LogP contribution in [0.25, 0.3) is 0 Å². The number of rotatable bonds is 1. The normalized spacial score (nSPS) is 24.9. The number of carbonyl (C=O) groups is 2. The predicted octanol–water partition coefficient (Wildman–Crippen LogP) is 1.26. The number of alkyl carbamates (subject to hydrolysis) is 1. The summed E-state index contributed by atoms with van der Waals surface area (Å²) < 4.78 is 31.2. The van der Waals surface area contributed by atoms with Crippen LogP contribution in [0, 0.1) is 5.82 Å². The second-order valence-corrected chi connectivity index (χ2v) is 3.34. The molecule has 84 valence electrons. The van der Waals surface area contributed by atoms with Gasteiger partial charge in [0, 0.05) is 5.56 Å². The fourth-order valence-electron chi connectivity index (χ4n) is 1.39. The van der Waals surface area contributed by atoms with Crippen molar-refractivity contribution in [2.45, 2.75) is 5.67 Å². The van der Waals surface area contributed by atoms with Crippen LogP contribution in [0.3, 0.4) is 0 Å². The van der Waals surface area contributed by atoms with Gasteiger partial charge in [-0.15, -0.1) is 0 Å². The first-order chi connectivity index (χ1) is 7.52. The summed E-state index contributed by atoms with van der Waals surface area (Å²) in [4.78, 5) is 22.0. The van der Waals surface area contributed by atoms with Gasteiger partial charge in [-0.05, 0) is 12.1 Å². The second-order valence-electron chi connectivity index (χ2n) is 3.34. The minimum absolute atomic E-state index is 0.0566. The van der Waals surface area contributed by atoms with Gasteiger partial charge in [0.15, 0.2) is 0 Å². The van der Waals surface area contributed by atoms with Gasteiger partial charge in [0.25, 0.3) is 5.91 Å². The summed E-state index contributed by atoms with van der Waals surface area (Å²) in [6, 6.07) is 4.32. The predicted molar refractivity (Wildman–Crippen MR) is 48.7 cm³/mol. The highest BCUT2D eigenvalue weighted by molar-refractivity contribution is 5.99. The Morgan fingerprint density at radius 3 is 2.44 bits per heavy atom. The molecular formula is C10H7F2NO3. The van der Waals surface area contributed by atoms with Crippen LogP contribution in [0.4, 0.5) is 13.6 Å². The van der Waals surface area contributed by atoms with E-state index in [0.29, 0.717) is 0 Å². The number of hydrogen-bond donors (Lipinski definition) is 1. The van der Waals surface area contributed by atoms with Gasteiger partial charge in [-0.1, -0.05) is 12.1 Å². The fourth-order valence-corrected chi connectivity index (χ4v) is 1.39. The molecule has 0 radical (unpaired) electrons. The molecule has 0 saturated carbocycles. The smallest absolute Gasteiger partial charge is 0.414 e. The summed E-state index contributed by atoms with van der Waals surface area (Å²) in [5.74, 6) is -1.64. The number of nitrogens with one attached hydrogen (secondary N) is 1. The third-order valence-corrected chi connectivity index (χ3v) is 2.28. The van der Waals surface area contributed by atoms with Gasteiger partial charge in [-0.2, -0.15) is 0 Å². The highest BCUT2D eigenvalue weighted by Gasteiger charge is 2.46. The molecule has 1 heterocycles. The first-order valence-electron chi connectivity index (χ1n) is 4.45. The van der Waals surface area contributed by atoms with E-state index in [2.05, 4.69) is 4.74 Å². The largest absolute Gasteiger partial charge is 0.445 e. The molecule has 1 fully saturated rings. The maximum Gasteiger partial charge on any atom is 0.414 e. The molecule has 2 rings (SSSR count). The van der Waals surface area contributed by atoms with Crippen molar-refractivity contribution in [1.82, 2.24) is 5.32 Å². The van der Waals surface area contributed by atoms with Crippen molar-refractivity contribution in [1.29, 1.82) is 0 Å². The number of benzene rings is 1. The number of ether oxygens (including phenoxy) is 1. The van der Waals surface area contributed by atoms with Crippen molar-refractivity contribution < 1.29 is 23.1 Å². The molecule has 0 aliphatic carbocycles. The van der Waals surface area contributed by atoms with Crippen molar-refractivity contribution >= 4 is 12.0 Å². The molecule has 1 aliphatic rings. The Balaban J connectivity index is 2.34. The quantitative estimate of drug-likeness (QED) is 0.785. The summed E-state index contributed by atoms with van der Waals surface area (Å²) in [6.07, 6.45) is -0.986. The number of amides is 2. The lowest BCUT2D eigenvalue weighted by molar-refractivity contribution is -0.139. The number of imide groups is 1. The minimum atomic E-state index is -2.46. The summed E-state index contributed by atoms with van der Waals surface area (Å²) >= 11 is 0. The van der Waals surface area contributed by atoms with Crippen LogP contribution in [0.5, 0.6) is 0 Å². The van der Waals surface area contributed by atoms with Crippen molar-refractivity contribution in [2.24, 2.45) is 0 Å². The first kappa shape index (κ1) is 10.5. The molecule has 1 aliphatic heterocycles. The van der Waals surface area contributed by atoms with Gasteiger partial charge < -0.3 is 4.74 Å². The average Bonchev–Trinajstić information content (AvgIpc) is 2.25. The molecule has 0 aromatic heterocycles. The Morgan fingerprint density at radius 2 is 1.88 bits per heavy atom. The maximum atomic E-state index is 14.2. The van der Waals surface area contributed by atoms with E-state index in [9.17, 15) is 18.4 Å². The van der Waals surface area contributed by atoms with Crippen molar-refractivity contribution in [3.05, 3.63) is 35.6 Å². The van der Waals surface area contributed by atoms with Crippen LogP contribution in [0.1, 0.15) is 5.56 Å².